The standard InChI is InChI=1S/C45H32S/c1-45(2)40-21-11-10-15-33(40)37-28-27-32(34-20-12-22-41(45)43(34)37)29-23-25-31(26-24-29)46-44-38-18-8-6-16-35(38)42(30-13-4-3-5-14-30)36-17-7-9-19-39(36)44/h3-28H,1-2H3. The van der Waals surface area contributed by atoms with E-state index in [-0.39, 0.29) is 5.41 Å². The molecule has 46 heavy (non-hydrogen) atoms. The molecule has 0 radical (unpaired) electrons. The van der Waals surface area contributed by atoms with Crippen molar-refractivity contribution in [3.8, 4) is 33.4 Å². The second-order valence-corrected chi connectivity index (χ2v) is 13.9. The largest absolute Gasteiger partial charge is 0.0888 e. The molecular weight excluding hydrogens is 573 g/mol. The van der Waals surface area contributed by atoms with E-state index in [0.717, 1.165) is 0 Å². The van der Waals surface area contributed by atoms with E-state index in [9.17, 15) is 0 Å². The SMILES string of the molecule is CC1(C)c2ccccc2-c2ccc(-c3ccc(Sc4c5ccccc5c(-c5ccccc5)c5ccccc45)cc3)c3cccc1c23. The molecule has 0 heterocycles. The van der Waals surface area contributed by atoms with Crippen LogP contribution in [0.25, 0.3) is 65.7 Å². The van der Waals surface area contributed by atoms with Crippen LogP contribution in [0.5, 0.6) is 0 Å². The minimum Gasteiger partial charge on any atom is -0.0888 e. The second-order valence-electron chi connectivity index (χ2n) is 12.8. The molecule has 0 amide bonds. The molecular formula is C45H32S. The summed E-state index contributed by atoms with van der Waals surface area (Å²) in [7, 11) is 0. The fourth-order valence-corrected chi connectivity index (χ4v) is 8.83. The van der Waals surface area contributed by atoms with Crippen LogP contribution in [-0.2, 0) is 5.41 Å². The summed E-state index contributed by atoms with van der Waals surface area (Å²) in [6.07, 6.45) is 0. The van der Waals surface area contributed by atoms with Gasteiger partial charge in [0.2, 0.25) is 0 Å². The molecule has 1 heteroatoms. The van der Waals surface area contributed by atoms with E-state index in [1.807, 2.05) is 11.8 Å². The molecule has 0 aromatic heterocycles. The van der Waals surface area contributed by atoms with Crippen molar-refractivity contribution in [3.05, 3.63) is 169 Å². The molecule has 0 atom stereocenters. The maximum atomic E-state index is 2.36. The zero-order valence-corrected chi connectivity index (χ0v) is 26.7. The fourth-order valence-electron chi connectivity index (χ4n) is 7.75. The van der Waals surface area contributed by atoms with E-state index in [1.54, 1.807) is 0 Å². The molecule has 0 nitrogen and oxygen atoms in total. The van der Waals surface area contributed by atoms with Gasteiger partial charge in [-0.15, -0.1) is 0 Å². The van der Waals surface area contributed by atoms with Crippen molar-refractivity contribution >= 4 is 44.1 Å². The molecule has 0 unspecified atom stereocenters. The maximum absolute atomic E-state index is 2.36. The minimum atomic E-state index is -0.0518. The highest BCUT2D eigenvalue weighted by molar-refractivity contribution is 7.99. The van der Waals surface area contributed by atoms with Gasteiger partial charge in [0.1, 0.15) is 0 Å². The molecule has 1 aliphatic carbocycles. The quantitative estimate of drug-likeness (QED) is 0.180. The Morgan fingerprint density at radius 3 is 1.67 bits per heavy atom. The van der Waals surface area contributed by atoms with Crippen LogP contribution in [0, 0.1) is 0 Å². The Kier molecular flexibility index (Phi) is 6.20. The van der Waals surface area contributed by atoms with Crippen LogP contribution < -0.4 is 0 Å². The molecule has 1 aliphatic rings. The summed E-state index contributed by atoms with van der Waals surface area (Å²) in [4.78, 5) is 2.55. The minimum absolute atomic E-state index is 0.0518. The molecule has 9 rings (SSSR count). The van der Waals surface area contributed by atoms with Gasteiger partial charge in [0.15, 0.2) is 0 Å². The van der Waals surface area contributed by atoms with Crippen LogP contribution in [0.3, 0.4) is 0 Å². The van der Waals surface area contributed by atoms with Gasteiger partial charge in [-0.2, -0.15) is 0 Å². The van der Waals surface area contributed by atoms with E-state index in [2.05, 4.69) is 172 Å². The first-order valence-electron chi connectivity index (χ1n) is 16.0. The lowest BCUT2D eigenvalue weighted by atomic mass is 9.68. The predicted octanol–water partition coefficient (Wildman–Crippen LogP) is 12.9. The van der Waals surface area contributed by atoms with E-state index < -0.39 is 0 Å². The third kappa shape index (κ3) is 4.09. The molecule has 0 saturated carbocycles. The normalized spacial score (nSPS) is 13.3. The molecule has 0 spiro atoms. The van der Waals surface area contributed by atoms with Crippen LogP contribution in [0.15, 0.2) is 168 Å². The molecule has 8 aromatic rings. The van der Waals surface area contributed by atoms with Crippen molar-refractivity contribution in [3.63, 3.8) is 0 Å². The third-order valence-corrected chi connectivity index (χ3v) is 11.1. The molecule has 0 saturated heterocycles. The highest BCUT2D eigenvalue weighted by Crippen LogP contribution is 2.50. The summed E-state index contributed by atoms with van der Waals surface area (Å²) in [5.41, 5.74) is 10.6. The van der Waals surface area contributed by atoms with E-state index in [4.69, 9.17) is 0 Å². The Labute approximate surface area is 274 Å². The average molecular weight is 605 g/mol. The zero-order chi connectivity index (χ0) is 30.8. The Balaban J connectivity index is 1.16. The summed E-state index contributed by atoms with van der Waals surface area (Å²) in [6, 6.07) is 58.2. The lowest BCUT2D eigenvalue weighted by Gasteiger charge is -2.35. The number of benzene rings is 8. The molecule has 0 bridgehead atoms. The van der Waals surface area contributed by atoms with Crippen molar-refractivity contribution in [1.29, 1.82) is 0 Å². The van der Waals surface area contributed by atoms with Crippen molar-refractivity contribution in [1.82, 2.24) is 0 Å². The first kappa shape index (κ1) is 27.2. The van der Waals surface area contributed by atoms with Gasteiger partial charge in [-0.1, -0.05) is 171 Å². The number of hydrogen-bond donors (Lipinski definition) is 0. The van der Waals surface area contributed by atoms with Crippen molar-refractivity contribution in [2.75, 3.05) is 0 Å². The van der Waals surface area contributed by atoms with Crippen LogP contribution in [-0.4, -0.2) is 0 Å². The first-order valence-corrected chi connectivity index (χ1v) is 16.8. The van der Waals surface area contributed by atoms with E-state index >= 15 is 0 Å². The van der Waals surface area contributed by atoms with Gasteiger partial charge in [-0.25, -0.2) is 0 Å². The Hall–Kier alpha value is -5.11. The number of rotatable bonds is 4. The average Bonchev–Trinajstić information content (AvgIpc) is 3.11. The highest BCUT2D eigenvalue weighted by atomic mass is 32.2. The smallest absolute Gasteiger partial charge is 0.0279 e. The van der Waals surface area contributed by atoms with Crippen LogP contribution >= 0.6 is 11.8 Å². The third-order valence-electron chi connectivity index (χ3n) is 9.93. The molecule has 0 N–H and O–H groups in total. The van der Waals surface area contributed by atoms with E-state index in [1.165, 1.54) is 86.6 Å². The number of hydrogen-bond acceptors (Lipinski definition) is 1. The Morgan fingerprint density at radius 1 is 0.391 bits per heavy atom. The van der Waals surface area contributed by atoms with Gasteiger partial charge in [0.25, 0.3) is 0 Å². The maximum Gasteiger partial charge on any atom is 0.0279 e. The monoisotopic (exact) mass is 604 g/mol. The molecule has 8 aromatic carbocycles. The Morgan fingerprint density at radius 2 is 0.957 bits per heavy atom. The molecule has 0 aliphatic heterocycles. The van der Waals surface area contributed by atoms with Gasteiger partial charge >= 0.3 is 0 Å². The van der Waals surface area contributed by atoms with Gasteiger partial charge in [-0.3, -0.25) is 0 Å². The summed E-state index contributed by atoms with van der Waals surface area (Å²) in [6.45, 7) is 4.73. The van der Waals surface area contributed by atoms with Gasteiger partial charge < -0.3 is 0 Å². The summed E-state index contributed by atoms with van der Waals surface area (Å²) < 4.78 is 0. The van der Waals surface area contributed by atoms with Crippen molar-refractivity contribution in [2.24, 2.45) is 0 Å². The highest BCUT2D eigenvalue weighted by Gasteiger charge is 2.33. The zero-order valence-electron chi connectivity index (χ0n) is 25.9. The van der Waals surface area contributed by atoms with Crippen molar-refractivity contribution in [2.45, 2.75) is 29.1 Å². The first-order chi connectivity index (χ1) is 22.6. The summed E-state index contributed by atoms with van der Waals surface area (Å²) in [5, 5.41) is 7.88. The predicted molar refractivity (Wildman–Crippen MR) is 198 cm³/mol. The topological polar surface area (TPSA) is 0 Å². The van der Waals surface area contributed by atoms with Gasteiger partial charge in [0.05, 0.1) is 0 Å². The number of fused-ring (bicyclic) bond motifs is 4. The van der Waals surface area contributed by atoms with Gasteiger partial charge in [-0.05, 0) is 89.0 Å². The lowest BCUT2D eigenvalue weighted by molar-refractivity contribution is 0.645. The van der Waals surface area contributed by atoms with Crippen LogP contribution in [0.4, 0.5) is 0 Å². The summed E-state index contributed by atoms with van der Waals surface area (Å²) >= 11 is 1.87. The molecule has 0 fully saturated rings. The van der Waals surface area contributed by atoms with Crippen LogP contribution in [0.2, 0.25) is 0 Å². The van der Waals surface area contributed by atoms with Crippen molar-refractivity contribution < 1.29 is 0 Å². The summed E-state index contributed by atoms with van der Waals surface area (Å²) in [5.74, 6) is 0. The molecule has 218 valence electrons. The lowest BCUT2D eigenvalue weighted by Crippen LogP contribution is -2.23. The van der Waals surface area contributed by atoms with Gasteiger partial charge in [0, 0.05) is 15.2 Å². The van der Waals surface area contributed by atoms with E-state index in [0.29, 0.717) is 0 Å². The fraction of sp³-hybridized carbons (Fsp3) is 0.0667. The second kappa shape index (κ2) is 10.5. The Bertz CT molecular complexity index is 2390. The van der Waals surface area contributed by atoms with Crippen LogP contribution in [0.1, 0.15) is 25.0 Å².